The van der Waals surface area contributed by atoms with Crippen molar-refractivity contribution in [2.75, 3.05) is 0 Å². The Bertz CT molecular complexity index is 459. The summed E-state index contributed by atoms with van der Waals surface area (Å²) in [6.07, 6.45) is 6.67. The van der Waals surface area contributed by atoms with E-state index in [4.69, 9.17) is 0 Å². The van der Waals surface area contributed by atoms with E-state index in [9.17, 15) is 10.1 Å². The van der Waals surface area contributed by atoms with Crippen LogP contribution in [0.3, 0.4) is 0 Å². The summed E-state index contributed by atoms with van der Waals surface area (Å²) in [6, 6.07) is 3.75. The van der Waals surface area contributed by atoms with Crippen LogP contribution in [0.5, 0.6) is 0 Å². The maximum atomic E-state index is 12.6. The number of rotatable bonds is 2. The molecule has 4 heteroatoms. The number of urea groups is 1. The SMILES string of the molecule is CC1CC2CC(C1)N2C(=O)NC1CCC(C)C([C@@H](C)C#N)C1. The van der Waals surface area contributed by atoms with Gasteiger partial charge in [0.2, 0.25) is 0 Å². The molecule has 4 nitrogen and oxygen atoms in total. The fourth-order valence-electron chi connectivity index (χ4n) is 5.01. The lowest BCUT2D eigenvalue weighted by molar-refractivity contribution is -0.0131. The van der Waals surface area contributed by atoms with Crippen LogP contribution >= 0.6 is 0 Å². The van der Waals surface area contributed by atoms with Crippen LogP contribution in [0.25, 0.3) is 0 Å². The molecular weight excluding hydrogens is 274 g/mol. The van der Waals surface area contributed by atoms with Gasteiger partial charge in [0.1, 0.15) is 0 Å². The predicted octanol–water partition coefficient (Wildman–Crippen LogP) is 3.53. The van der Waals surface area contributed by atoms with Crippen LogP contribution in [0.4, 0.5) is 4.79 Å². The summed E-state index contributed by atoms with van der Waals surface area (Å²) in [5.41, 5.74) is 0. The minimum Gasteiger partial charge on any atom is -0.335 e. The summed E-state index contributed by atoms with van der Waals surface area (Å²) in [5.74, 6) is 1.86. The quantitative estimate of drug-likeness (QED) is 0.848. The third-order valence-corrected chi connectivity index (χ3v) is 6.35. The van der Waals surface area contributed by atoms with Gasteiger partial charge in [0.05, 0.1) is 6.07 Å². The van der Waals surface area contributed by atoms with Crippen LogP contribution < -0.4 is 5.32 Å². The van der Waals surface area contributed by atoms with Gasteiger partial charge in [-0.1, -0.05) is 13.8 Å². The molecule has 2 aliphatic carbocycles. The highest BCUT2D eigenvalue weighted by molar-refractivity contribution is 5.76. The molecule has 5 unspecified atom stereocenters. The molecule has 4 aliphatic rings. The number of nitrogens with one attached hydrogen (secondary N) is 1. The highest BCUT2D eigenvalue weighted by atomic mass is 16.2. The number of hydrogen-bond donors (Lipinski definition) is 1. The van der Waals surface area contributed by atoms with Crippen LogP contribution in [0.15, 0.2) is 0 Å². The van der Waals surface area contributed by atoms with Crippen LogP contribution in [0.1, 0.15) is 59.3 Å². The lowest BCUT2D eigenvalue weighted by Gasteiger charge is -2.55. The standard InChI is InChI=1S/C18H29N3O/c1-11-6-15-9-16(7-11)21(15)18(22)20-14-5-4-12(2)17(8-14)13(3)10-19/h11-17H,4-9H2,1-3H3,(H,20,22)/t11?,12?,13-,14?,15?,16?,17?/m0/s1. The van der Waals surface area contributed by atoms with Crippen molar-refractivity contribution in [3.8, 4) is 6.07 Å². The number of nitrogens with zero attached hydrogens (tertiary/aromatic N) is 2. The molecule has 22 heavy (non-hydrogen) atoms. The van der Waals surface area contributed by atoms with Crippen molar-refractivity contribution in [2.45, 2.75) is 77.4 Å². The van der Waals surface area contributed by atoms with E-state index in [2.05, 4.69) is 30.1 Å². The highest BCUT2D eigenvalue weighted by Crippen LogP contribution is 2.41. The Labute approximate surface area is 134 Å². The molecule has 4 rings (SSSR count). The molecule has 0 aromatic rings. The molecule has 2 heterocycles. The van der Waals surface area contributed by atoms with Crippen LogP contribution in [-0.2, 0) is 0 Å². The topological polar surface area (TPSA) is 56.1 Å². The largest absolute Gasteiger partial charge is 0.335 e. The summed E-state index contributed by atoms with van der Waals surface area (Å²) in [7, 11) is 0. The van der Waals surface area contributed by atoms with Crippen LogP contribution in [0.2, 0.25) is 0 Å². The summed E-state index contributed by atoms with van der Waals surface area (Å²) >= 11 is 0. The molecule has 6 atom stereocenters. The molecule has 0 spiro atoms. The first-order chi connectivity index (χ1) is 10.5. The first-order valence-corrected chi connectivity index (χ1v) is 8.98. The van der Waals surface area contributed by atoms with Crippen molar-refractivity contribution in [3.63, 3.8) is 0 Å². The van der Waals surface area contributed by atoms with Crippen molar-refractivity contribution in [3.05, 3.63) is 0 Å². The molecule has 2 aliphatic heterocycles. The van der Waals surface area contributed by atoms with Gasteiger partial charge in [-0.05, 0) is 63.2 Å². The third-order valence-electron chi connectivity index (χ3n) is 6.35. The van der Waals surface area contributed by atoms with Gasteiger partial charge < -0.3 is 10.2 Å². The number of hydrogen-bond acceptors (Lipinski definition) is 2. The van der Waals surface area contributed by atoms with E-state index >= 15 is 0 Å². The van der Waals surface area contributed by atoms with E-state index in [1.807, 2.05) is 6.92 Å². The summed E-state index contributed by atoms with van der Waals surface area (Å²) in [4.78, 5) is 14.7. The summed E-state index contributed by atoms with van der Waals surface area (Å²) in [6.45, 7) is 6.56. The molecule has 0 aromatic carbocycles. The van der Waals surface area contributed by atoms with Crippen molar-refractivity contribution in [1.29, 1.82) is 5.26 Å². The third kappa shape index (κ3) is 2.83. The second kappa shape index (κ2) is 6.10. The maximum absolute atomic E-state index is 12.6. The van der Waals surface area contributed by atoms with Gasteiger partial charge >= 0.3 is 6.03 Å². The zero-order valence-electron chi connectivity index (χ0n) is 14.1. The Balaban J connectivity index is 1.55. The molecular formula is C18H29N3O. The van der Waals surface area contributed by atoms with E-state index < -0.39 is 0 Å². The Hall–Kier alpha value is -1.24. The van der Waals surface area contributed by atoms with Crippen molar-refractivity contribution in [2.24, 2.45) is 23.7 Å². The van der Waals surface area contributed by atoms with Gasteiger partial charge in [-0.25, -0.2) is 4.79 Å². The van der Waals surface area contributed by atoms with Crippen LogP contribution in [-0.4, -0.2) is 29.1 Å². The number of amides is 2. The monoisotopic (exact) mass is 303 g/mol. The zero-order chi connectivity index (χ0) is 15.9. The normalized spacial score (nSPS) is 42.0. The molecule has 2 saturated heterocycles. The summed E-state index contributed by atoms with van der Waals surface area (Å²) in [5, 5.41) is 12.5. The number of nitriles is 1. The lowest BCUT2D eigenvalue weighted by Crippen LogP contribution is -2.65. The average Bonchev–Trinajstić information content (AvgIpc) is 2.47. The second-order valence-corrected chi connectivity index (χ2v) is 8.05. The Morgan fingerprint density at radius 3 is 2.50 bits per heavy atom. The second-order valence-electron chi connectivity index (χ2n) is 8.05. The number of carbonyl (C=O) groups excluding carboxylic acids is 1. The van der Waals surface area contributed by atoms with Gasteiger partial charge in [-0.2, -0.15) is 5.26 Å². The fourth-order valence-corrected chi connectivity index (χ4v) is 5.01. The van der Waals surface area contributed by atoms with E-state index in [1.54, 1.807) is 0 Å². The van der Waals surface area contributed by atoms with E-state index in [1.165, 1.54) is 19.3 Å². The molecule has 2 saturated carbocycles. The van der Waals surface area contributed by atoms with Gasteiger partial charge in [-0.3, -0.25) is 0 Å². The lowest BCUT2D eigenvalue weighted by atomic mass is 9.72. The number of fused-ring (bicyclic) bond motifs is 2. The van der Waals surface area contributed by atoms with Crippen molar-refractivity contribution >= 4 is 6.03 Å². The molecule has 2 amide bonds. The highest BCUT2D eigenvalue weighted by Gasteiger charge is 2.47. The van der Waals surface area contributed by atoms with Crippen molar-refractivity contribution < 1.29 is 4.79 Å². The molecule has 122 valence electrons. The summed E-state index contributed by atoms with van der Waals surface area (Å²) < 4.78 is 0. The Morgan fingerprint density at radius 1 is 1.18 bits per heavy atom. The fraction of sp³-hybridized carbons (Fsp3) is 0.889. The van der Waals surface area contributed by atoms with Gasteiger partial charge in [-0.15, -0.1) is 0 Å². The van der Waals surface area contributed by atoms with E-state index in [0.717, 1.165) is 25.2 Å². The Kier molecular flexibility index (Phi) is 4.34. The molecule has 1 N–H and O–H groups in total. The van der Waals surface area contributed by atoms with E-state index in [0.29, 0.717) is 23.9 Å². The predicted molar refractivity (Wildman–Crippen MR) is 86.0 cm³/mol. The van der Waals surface area contributed by atoms with Gasteiger partial charge in [0, 0.05) is 24.0 Å². The first kappa shape index (κ1) is 15.6. The minimum atomic E-state index is 0.0824. The zero-order valence-corrected chi connectivity index (χ0v) is 14.1. The van der Waals surface area contributed by atoms with Gasteiger partial charge in [0.25, 0.3) is 0 Å². The maximum Gasteiger partial charge on any atom is 0.318 e. The van der Waals surface area contributed by atoms with E-state index in [-0.39, 0.29) is 18.0 Å². The van der Waals surface area contributed by atoms with Crippen molar-refractivity contribution in [1.82, 2.24) is 10.2 Å². The molecule has 0 aromatic heterocycles. The molecule has 4 fully saturated rings. The minimum absolute atomic E-state index is 0.0824. The van der Waals surface area contributed by atoms with Gasteiger partial charge in [0.15, 0.2) is 0 Å². The molecule has 0 radical (unpaired) electrons. The smallest absolute Gasteiger partial charge is 0.318 e. The molecule has 2 bridgehead atoms. The Morgan fingerprint density at radius 2 is 1.86 bits per heavy atom. The average molecular weight is 303 g/mol. The van der Waals surface area contributed by atoms with Crippen LogP contribution in [0, 0.1) is 35.0 Å². The first-order valence-electron chi connectivity index (χ1n) is 8.98. The number of carbonyl (C=O) groups is 1. The number of piperidine rings is 1.